The van der Waals surface area contributed by atoms with Crippen LogP contribution in [0.15, 0.2) is 0 Å². The van der Waals surface area contributed by atoms with Gasteiger partial charge < -0.3 is 5.32 Å². The first-order chi connectivity index (χ1) is 6.31. The van der Waals surface area contributed by atoms with E-state index in [2.05, 4.69) is 19.2 Å². The highest BCUT2D eigenvalue weighted by Gasteiger charge is 2.38. The van der Waals surface area contributed by atoms with E-state index in [1.54, 1.807) is 0 Å². The summed E-state index contributed by atoms with van der Waals surface area (Å²) in [6.07, 6.45) is 7.41. The van der Waals surface area contributed by atoms with Crippen molar-refractivity contribution in [1.82, 2.24) is 5.32 Å². The fraction of sp³-hybridized carbons (Fsp3) is 1.00. The van der Waals surface area contributed by atoms with E-state index < -0.39 is 0 Å². The summed E-state index contributed by atoms with van der Waals surface area (Å²) in [5.74, 6) is 3.03. The lowest BCUT2D eigenvalue weighted by molar-refractivity contribution is 0.324. The Kier molecular flexibility index (Phi) is 2.92. The fourth-order valence-corrected chi connectivity index (χ4v) is 2.99. The van der Waals surface area contributed by atoms with Crippen LogP contribution >= 0.6 is 0 Å². The third-order valence-corrected chi connectivity index (χ3v) is 3.81. The first-order valence-corrected chi connectivity index (χ1v) is 6.04. The van der Waals surface area contributed by atoms with Crippen molar-refractivity contribution in [2.45, 2.75) is 52.0 Å². The molecule has 76 valence electrons. The van der Waals surface area contributed by atoms with Gasteiger partial charge >= 0.3 is 0 Å². The van der Waals surface area contributed by atoms with Gasteiger partial charge in [-0.25, -0.2) is 0 Å². The lowest BCUT2D eigenvalue weighted by Crippen LogP contribution is -2.37. The van der Waals surface area contributed by atoms with Crippen molar-refractivity contribution in [2.24, 2.45) is 17.8 Å². The molecule has 2 rings (SSSR count). The molecule has 0 bridgehead atoms. The summed E-state index contributed by atoms with van der Waals surface area (Å²) in [5.41, 5.74) is 0. The highest BCUT2D eigenvalue weighted by molar-refractivity contribution is 4.93. The number of nitrogens with one attached hydrogen (secondary N) is 1. The smallest absolute Gasteiger partial charge is 0.0124 e. The third-order valence-electron chi connectivity index (χ3n) is 3.81. The third kappa shape index (κ3) is 2.25. The number of hydrogen-bond acceptors (Lipinski definition) is 1. The molecule has 3 atom stereocenters. The Balaban J connectivity index is 1.87. The van der Waals surface area contributed by atoms with Crippen LogP contribution in [-0.2, 0) is 0 Å². The second kappa shape index (κ2) is 4.00. The zero-order chi connectivity index (χ0) is 9.26. The topological polar surface area (TPSA) is 12.0 Å². The number of hydrogen-bond donors (Lipinski definition) is 1. The minimum absolute atomic E-state index is 0.870. The van der Waals surface area contributed by atoms with Crippen LogP contribution in [0.5, 0.6) is 0 Å². The van der Waals surface area contributed by atoms with Crippen LogP contribution in [0.3, 0.4) is 0 Å². The average Bonchev–Trinajstić information content (AvgIpc) is 2.85. The van der Waals surface area contributed by atoms with Gasteiger partial charge in [-0.2, -0.15) is 0 Å². The second-order valence-electron chi connectivity index (χ2n) is 5.10. The molecule has 3 unspecified atom stereocenters. The average molecular weight is 181 g/mol. The van der Waals surface area contributed by atoms with Crippen molar-refractivity contribution in [2.75, 3.05) is 6.54 Å². The highest BCUT2D eigenvalue weighted by Crippen LogP contribution is 2.42. The number of rotatable bonds is 4. The van der Waals surface area contributed by atoms with Crippen molar-refractivity contribution in [3.63, 3.8) is 0 Å². The molecule has 2 aliphatic rings. The zero-order valence-corrected chi connectivity index (χ0v) is 9.05. The molecule has 1 heteroatoms. The molecule has 0 spiro atoms. The Morgan fingerprint density at radius 2 is 1.85 bits per heavy atom. The van der Waals surface area contributed by atoms with E-state index in [1.807, 2.05) is 0 Å². The van der Waals surface area contributed by atoms with Gasteiger partial charge in [0.2, 0.25) is 0 Å². The van der Waals surface area contributed by atoms with Crippen LogP contribution in [-0.4, -0.2) is 12.6 Å². The summed E-state index contributed by atoms with van der Waals surface area (Å²) in [4.78, 5) is 0. The van der Waals surface area contributed by atoms with E-state index in [0.29, 0.717) is 0 Å². The zero-order valence-electron chi connectivity index (χ0n) is 9.05. The molecule has 0 aromatic heterocycles. The van der Waals surface area contributed by atoms with Gasteiger partial charge in [-0.3, -0.25) is 0 Å². The predicted octanol–water partition coefficient (Wildman–Crippen LogP) is 2.81. The summed E-state index contributed by atoms with van der Waals surface area (Å²) in [6.45, 7) is 5.82. The van der Waals surface area contributed by atoms with Gasteiger partial charge in [0.25, 0.3) is 0 Å². The first-order valence-electron chi connectivity index (χ1n) is 6.04. The molecule has 1 nitrogen and oxygen atoms in total. The van der Waals surface area contributed by atoms with Crippen LogP contribution in [0.1, 0.15) is 46.0 Å². The molecule has 0 saturated heterocycles. The molecule has 0 heterocycles. The van der Waals surface area contributed by atoms with Gasteiger partial charge in [-0.15, -0.1) is 0 Å². The van der Waals surface area contributed by atoms with Gasteiger partial charge in [0, 0.05) is 6.04 Å². The monoisotopic (exact) mass is 181 g/mol. The quantitative estimate of drug-likeness (QED) is 0.703. The van der Waals surface area contributed by atoms with Crippen LogP contribution in [0.4, 0.5) is 0 Å². The summed E-state index contributed by atoms with van der Waals surface area (Å²) in [7, 11) is 0. The molecule has 0 amide bonds. The summed E-state index contributed by atoms with van der Waals surface area (Å²) in [6, 6.07) is 0.870. The Bertz CT molecular complexity index is 163. The lowest BCUT2D eigenvalue weighted by Gasteiger charge is -2.24. The normalized spacial score (nSPS) is 36.5. The molecular weight excluding hydrogens is 158 g/mol. The van der Waals surface area contributed by atoms with E-state index in [0.717, 1.165) is 30.3 Å². The molecule has 0 aromatic carbocycles. The molecular formula is C12H23N. The standard InChI is InChI=1S/C12H23N/c1-3-13-12(10-6-7-10)11-5-4-9(2)8-11/h9-13H,3-8H2,1-2H3. The fourth-order valence-electron chi connectivity index (χ4n) is 2.99. The van der Waals surface area contributed by atoms with E-state index >= 15 is 0 Å². The Hall–Kier alpha value is -0.0400. The van der Waals surface area contributed by atoms with Gasteiger partial charge in [0.15, 0.2) is 0 Å². The molecule has 0 aliphatic heterocycles. The van der Waals surface area contributed by atoms with Crippen LogP contribution in [0.2, 0.25) is 0 Å². The van der Waals surface area contributed by atoms with E-state index in [-0.39, 0.29) is 0 Å². The summed E-state index contributed by atoms with van der Waals surface area (Å²) >= 11 is 0. The van der Waals surface area contributed by atoms with Crippen molar-refractivity contribution in [1.29, 1.82) is 0 Å². The highest BCUT2D eigenvalue weighted by atomic mass is 14.9. The Morgan fingerprint density at radius 3 is 2.31 bits per heavy atom. The molecule has 1 N–H and O–H groups in total. The second-order valence-corrected chi connectivity index (χ2v) is 5.10. The summed E-state index contributed by atoms with van der Waals surface area (Å²) < 4.78 is 0. The molecule has 2 fully saturated rings. The molecule has 0 aromatic rings. The maximum absolute atomic E-state index is 3.71. The SMILES string of the molecule is CCNC(C1CC1)C1CCC(C)C1. The van der Waals surface area contributed by atoms with Crippen molar-refractivity contribution in [3.8, 4) is 0 Å². The van der Waals surface area contributed by atoms with E-state index in [4.69, 9.17) is 0 Å². The van der Waals surface area contributed by atoms with Gasteiger partial charge in [-0.05, 0) is 50.0 Å². The molecule has 2 aliphatic carbocycles. The van der Waals surface area contributed by atoms with Crippen molar-refractivity contribution in [3.05, 3.63) is 0 Å². The van der Waals surface area contributed by atoms with Gasteiger partial charge in [-0.1, -0.05) is 20.3 Å². The molecule has 13 heavy (non-hydrogen) atoms. The van der Waals surface area contributed by atoms with Crippen LogP contribution in [0, 0.1) is 17.8 Å². The first kappa shape index (κ1) is 9.51. The summed E-state index contributed by atoms with van der Waals surface area (Å²) in [5, 5.41) is 3.71. The molecule has 2 saturated carbocycles. The van der Waals surface area contributed by atoms with Crippen molar-refractivity contribution >= 4 is 0 Å². The minimum Gasteiger partial charge on any atom is -0.314 e. The van der Waals surface area contributed by atoms with Gasteiger partial charge in [0.1, 0.15) is 0 Å². The maximum atomic E-state index is 3.71. The molecule has 0 radical (unpaired) electrons. The van der Waals surface area contributed by atoms with Crippen molar-refractivity contribution < 1.29 is 0 Å². The Labute approximate surface area is 82.3 Å². The van der Waals surface area contributed by atoms with E-state index in [9.17, 15) is 0 Å². The Morgan fingerprint density at radius 1 is 1.15 bits per heavy atom. The van der Waals surface area contributed by atoms with Gasteiger partial charge in [0.05, 0.1) is 0 Å². The minimum atomic E-state index is 0.870. The van der Waals surface area contributed by atoms with Crippen LogP contribution < -0.4 is 5.32 Å². The largest absolute Gasteiger partial charge is 0.314 e. The van der Waals surface area contributed by atoms with Crippen LogP contribution in [0.25, 0.3) is 0 Å². The predicted molar refractivity (Wildman–Crippen MR) is 56.7 cm³/mol. The maximum Gasteiger partial charge on any atom is 0.0124 e. The van der Waals surface area contributed by atoms with E-state index in [1.165, 1.54) is 32.1 Å². The lowest BCUT2D eigenvalue weighted by atomic mass is 9.93.